The molecule has 72 valence electrons. The third-order valence-electron chi connectivity index (χ3n) is 1.61. The molecule has 0 aromatic heterocycles. The normalized spacial score (nSPS) is 15.6. The summed E-state index contributed by atoms with van der Waals surface area (Å²) < 4.78 is 5.34. The lowest BCUT2D eigenvalue weighted by molar-refractivity contribution is -0.123. The first-order chi connectivity index (χ1) is 5.57. The predicted molar refractivity (Wildman–Crippen MR) is 47.7 cm³/mol. The first-order valence-corrected chi connectivity index (χ1v) is 4.13. The van der Waals surface area contributed by atoms with Crippen molar-refractivity contribution in [3.8, 4) is 0 Å². The van der Waals surface area contributed by atoms with Crippen molar-refractivity contribution in [2.75, 3.05) is 20.2 Å². The molecular formula is C8H18N2O2. The van der Waals surface area contributed by atoms with Crippen molar-refractivity contribution in [2.45, 2.75) is 20.0 Å². The largest absolute Gasteiger partial charge is 0.376 e. The fourth-order valence-corrected chi connectivity index (χ4v) is 0.737. The Bertz CT molecular complexity index is 139. The van der Waals surface area contributed by atoms with Gasteiger partial charge in [0.05, 0.1) is 18.6 Å². The molecule has 12 heavy (non-hydrogen) atoms. The maximum absolute atomic E-state index is 10.6. The average molecular weight is 174 g/mol. The van der Waals surface area contributed by atoms with Crippen LogP contribution in [0.15, 0.2) is 0 Å². The highest BCUT2D eigenvalue weighted by molar-refractivity contribution is 5.76. The van der Waals surface area contributed by atoms with Crippen molar-refractivity contribution < 1.29 is 9.53 Å². The number of primary amides is 1. The van der Waals surface area contributed by atoms with Crippen LogP contribution in [-0.4, -0.2) is 32.2 Å². The van der Waals surface area contributed by atoms with Crippen molar-refractivity contribution in [1.82, 2.24) is 5.32 Å². The molecule has 2 unspecified atom stereocenters. The van der Waals surface area contributed by atoms with Gasteiger partial charge in [0.25, 0.3) is 0 Å². The Morgan fingerprint density at radius 3 is 2.58 bits per heavy atom. The van der Waals surface area contributed by atoms with Crippen LogP contribution in [0.4, 0.5) is 0 Å². The van der Waals surface area contributed by atoms with Gasteiger partial charge in [0.15, 0.2) is 0 Å². The molecule has 0 aliphatic rings. The SMILES string of the molecule is CNCC(C)OCC(C)C(N)=O. The third-order valence-corrected chi connectivity index (χ3v) is 1.61. The number of carbonyl (C=O) groups excluding carboxylic acids is 1. The van der Waals surface area contributed by atoms with Crippen LogP contribution in [0.25, 0.3) is 0 Å². The molecule has 1 amide bonds. The number of rotatable bonds is 6. The molecule has 0 aliphatic heterocycles. The number of nitrogens with one attached hydrogen (secondary N) is 1. The second-order valence-corrected chi connectivity index (χ2v) is 3.01. The van der Waals surface area contributed by atoms with Gasteiger partial charge in [0.2, 0.25) is 5.91 Å². The number of amides is 1. The van der Waals surface area contributed by atoms with Crippen LogP contribution in [0, 0.1) is 5.92 Å². The monoisotopic (exact) mass is 174 g/mol. The Kier molecular flexibility index (Phi) is 5.66. The van der Waals surface area contributed by atoms with Crippen molar-refractivity contribution in [2.24, 2.45) is 11.7 Å². The summed E-state index contributed by atoms with van der Waals surface area (Å²) >= 11 is 0. The Morgan fingerprint density at radius 2 is 2.17 bits per heavy atom. The van der Waals surface area contributed by atoms with Crippen LogP contribution in [0.1, 0.15) is 13.8 Å². The fraction of sp³-hybridized carbons (Fsp3) is 0.875. The van der Waals surface area contributed by atoms with Crippen molar-refractivity contribution in [3.05, 3.63) is 0 Å². The van der Waals surface area contributed by atoms with Crippen LogP contribution in [0.5, 0.6) is 0 Å². The molecule has 0 fully saturated rings. The number of hydrogen-bond acceptors (Lipinski definition) is 3. The summed E-state index contributed by atoms with van der Waals surface area (Å²) in [4.78, 5) is 10.6. The van der Waals surface area contributed by atoms with E-state index in [1.807, 2.05) is 14.0 Å². The minimum Gasteiger partial charge on any atom is -0.376 e. The van der Waals surface area contributed by atoms with E-state index in [9.17, 15) is 4.79 Å². The van der Waals surface area contributed by atoms with Crippen molar-refractivity contribution in [1.29, 1.82) is 0 Å². The van der Waals surface area contributed by atoms with E-state index in [2.05, 4.69) is 5.32 Å². The smallest absolute Gasteiger partial charge is 0.222 e. The molecule has 0 rings (SSSR count). The van der Waals surface area contributed by atoms with Crippen molar-refractivity contribution >= 4 is 5.91 Å². The third kappa shape index (κ3) is 5.09. The Balaban J connectivity index is 3.46. The summed E-state index contributed by atoms with van der Waals surface area (Å²) in [7, 11) is 1.86. The molecular weight excluding hydrogens is 156 g/mol. The topological polar surface area (TPSA) is 64.3 Å². The van der Waals surface area contributed by atoms with Crippen LogP contribution in [-0.2, 0) is 9.53 Å². The maximum Gasteiger partial charge on any atom is 0.222 e. The van der Waals surface area contributed by atoms with Gasteiger partial charge in [-0.15, -0.1) is 0 Å². The van der Waals surface area contributed by atoms with Crippen LogP contribution >= 0.6 is 0 Å². The van der Waals surface area contributed by atoms with Crippen LogP contribution in [0.2, 0.25) is 0 Å². The molecule has 0 radical (unpaired) electrons. The predicted octanol–water partition coefficient (Wildman–Crippen LogP) is -0.268. The lowest BCUT2D eigenvalue weighted by Crippen LogP contribution is -2.29. The van der Waals surface area contributed by atoms with E-state index in [0.717, 1.165) is 6.54 Å². The molecule has 0 saturated carbocycles. The minimum atomic E-state index is -0.313. The lowest BCUT2D eigenvalue weighted by Gasteiger charge is -2.14. The number of carbonyl (C=O) groups is 1. The lowest BCUT2D eigenvalue weighted by atomic mass is 10.2. The minimum absolute atomic E-state index is 0.122. The molecule has 0 saturated heterocycles. The van der Waals surface area contributed by atoms with Gasteiger partial charge >= 0.3 is 0 Å². The van der Waals surface area contributed by atoms with Gasteiger partial charge in [-0.2, -0.15) is 0 Å². The zero-order valence-electron chi connectivity index (χ0n) is 7.96. The van der Waals surface area contributed by atoms with E-state index in [-0.39, 0.29) is 17.9 Å². The molecule has 0 spiro atoms. The summed E-state index contributed by atoms with van der Waals surface area (Å²) in [5.41, 5.74) is 5.06. The summed E-state index contributed by atoms with van der Waals surface area (Å²) in [6, 6.07) is 0. The highest BCUT2D eigenvalue weighted by Crippen LogP contribution is 1.97. The highest BCUT2D eigenvalue weighted by atomic mass is 16.5. The van der Waals surface area contributed by atoms with E-state index in [1.54, 1.807) is 6.92 Å². The second-order valence-electron chi connectivity index (χ2n) is 3.01. The van der Waals surface area contributed by atoms with E-state index >= 15 is 0 Å². The summed E-state index contributed by atoms with van der Waals surface area (Å²) in [6.07, 6.45) is 0.122. The highest BCUT2D eigenvalue weighted by Gasteiger charge is 2.10. The Morgan fingerprint density at radius 1 is 1.58 bits per heavy atom. The molecule has 0 aromatic rings. The van der Waals surface area contributed by atoms with Gasteiger partial charge in [-0.3, -0.25) is 4.79 Å². The first kappa shape index (κ1) is 11.4. The number of ether oxygens (including phenoxy) is 1. The van der Waals surface area contributed by atoms with Crippen LogP contribution in [0.3, 0.4) is 0 Å². The molecule has 0 bridgehead atoms. The average Bonchev–Trinajstić information content (AvgIpc) is 2.00. The molecule has 0 aromatic carbocycles. The van der Waals surface area contributed by atoms with Gasteiger partial charge in [0.1, 0.15) is 0 Å². The zero-order valence-corrected chi connectivity index (χ0v) is 7.96. The first-order valence-electron chi connectivity index (χ1n) is 4.13. The Labute approximate surface area is 73.5 Å². The molecule has 4 heteroatoms. The fourth-order valence-electron chi connectivity index (χ4n) is 0.737. The van der Waals surface area contributed by atoms with E-state index in [4.69, 9.17) is 10.5 Å². The summed E-state index contributed by atoms with van der Waals surface area (Å²) in [5.74, 6) is -0.518. The standard InChI is InChI=1S/C8H18N2O2/c1-6(8(9)11)5-12-7(2)4-10-3/h6-7,10H,4-5H2,1-3H3,(H2,9,11). The molecule has 4 nitrogen and oxygen atoms in total. The molecule has 3 N–H and O–H groups in total. The van der Waals surface area contributed by atoms with Gasteiger partial charge < -0.3 is 15.8 Å². The summed E-state index contributed by atoms with van der Waals surface area (Å²) in [5, 5.41) is 2.98. The van der Waals surface area contributed by atoms with Gasteiger partial charge in [0, 0.05) is 6.54 Å². The second kappa shape index (κ2) is 5.97. The quantitative estimate of drug-likeness (QED) is 0.582. The molecule has 0 aliphatic carbocycles. The maximum atomic E-state index is 10.6. The van der Waals surface area contributed by atoms with Crippen molar-refractivity contribution in [3.63, 3.8) is 0 Å². The number of hydrogen-bond donors (Lipinski definition) is 2. The zero-order chi connectivity index (χ0) is 9.56. The molecule has 0 heterocycles. The number of likely N-dealkylation sites (N-methyl/N-ethyl adjacent to an activating group) is 1. The summed E-state index contributed by atoms with van der Waals surface area (Å²) in [6.45, 7) is 4.89. The van der Waals surface area contributed by atoms with Gasteiger partial charge in [-0.05, 0) is 14.0 Å². The van der Waals surface area contributed by atoms with Gasteiger partial charge in [-0.1, -0.05) is 6.92 Å². The van der Waals surface area contributed by atoms with Crippen LogP contribution < -0.4 is 11.1 Å². The van der Waals surface area contributed by atoms with E-state index in [0.29, 0.717) is 6.61 Å². The van der Waals surface area contributed by atoms with Gasteiger partial charge in [-0.25, -0.2) is 0 Å². The van der Waals surface area contributed by atoms with E-state index in [1.165, 1.54) is 0 Å². The Hall–Kier alpha value is -0.610. The number of nitrogens with two attached hydrogens (primary N) is 1. The molecule has 2 atom stereocenters. The van der Waals surface area contributed by atoms with E-state index < -0.39 is 0 Å².